The van der Waals surface area contributed by atoms with Gasteiger partial charge < -0.3 is 14.8 Å². The van der Waals surface area contributed by atoms with Gasteiger partial charge in [-0.1, -0.05) is 0 Å². The minimum Gasteiger partial charge on any atom is -0.485 e. The van der Waals surface area contributed by atoms with Gasteiger partial charge in [-0.25, -0.2) is 4.98 Å². The summed E-state index contributed by atoms with van der Waals surface area (Å²) in [5, 5.41) is 11.5. The van der Waals surface area contributed by atoms with E-state index in [4.69, 9.17) is 4.74 Å². The molecule has 1 saturated heterocycles. The molecule has 0 unspecified atom stereocenters. The van der Waals surface area contributed by atoms with Crippen LogP contribution in [-0.4, -0.2) is 44.8 Å². The molecule has 2 aliphatic heterocycles. The molecule has 0 saturated carbocycles. The molecule has 0 amide bonds. The van der Waals surface area contributed by atoms with Crippen LogP contribution in [0.15, 0.2) is 16.9 Å². The highest BCUT2D eigenvalue weighted by Crippen LogP contribution is 2.44. The largest absolute Gasteiger partial charge is 0.485 e. The van der Waals surface area contributed by atoms with Crippen LogP contribution in [0.1, 0.15) is 44.1 Å². The van der Waals surface area contributed by atoms with E-state index >= 15 is 0 Å². The number of nitrogens with one attached hydrogen (secondary N) is 1. The number of benzene rings is 1. The normalized spacial score (nSPS) is 24.3. The SMILES string of the molecule is Cc1nc2cc3c(cc2c(=O)[nH]1)[C@H](N1CCCC1)[C@@H](O)C(C)(C)O3.Cl.Cl. The van der Waals surface area contributed by atoms with Crippen LogP contribution in [0.3, 0.4) is 0 Å². The van der Waals surface area contributed by atoms with Crippen molar-refractivity contribution in [1.29, 1.82) is 0 Å². The first-order valence-electron chi connectivity index (χ1n) is 8.52. The Kier molecular flexibility index (Phi) is 5.93. The minimum absolute atomic E-state index is 0. The first-order chi connectivity index (χ1) is 11.4. The molecule has 3 heterocycles. The predicted octanol–water partition coefficient (Wildman–Crippen LogP) is 2.74. The molecule has 8 heteroatoms. The van der Waals surface area contributed by atoms with Crippen molar-refractivity contribution in [2.24, 2.45) is 0 Å². The molecule has 0 aliphatic carbocycles. The van der Waals surface area contributed by atoms with Gasteiger partial charge in [-0.05, 0) is 52.8 Å². The van der Waals surface area contributed by atoms with E-state index < -0.39 is 11.7 Å². The van der Waals surface area contributed by atoms with Gasteiger partial charge in [-0.3, -0.25) is 9.69 Å². The molecule has 0 radical (unpaired) electrons. The number of halogens is 2. The van der Waals surface area contributed by atoms with E-state index in [-0.39, 0.29) is 36.4 Å². The molecule has 4 rings (SSSR count). The average Bonchev–Trinajstić information content (AvgIpc) is 3.01. The van der Waals surface area contributed by atoms with E-state index in [1.807, 2.05) is 26.0 Å². The number of hydrogen-bond acceptors (Lipinski definition) is 5. The van der Waals surface area contributed by atoms with Crippen LogP contribution in [-0.2, 0) is 0 Å². The number of hydrogen-bond donors (Lipinski definition) is 2. The summed E-state index contributed by atoms with van der Waals surface area (Å²) in [5.74, 6) is 1.30. The number of aromatic amines is 1. The monoisotopic (exact) mass is 401 g/mol. The maximum Gasteiger partial charge on any atom is 0.258 e. The van der Waals surface area contributed by atoms with Gasteiger partial charge in [0.2, 0.25) is 0 Å². The fourth-order valence-corrected chi connectivity index (χ4v) is 3.93. The van der Waals surface area contributed by atoms with E-state index in [0.29, 0.717) is 22.5 Å². The molecule has 0 bridgehead atoms. The first kappa shape index (κ1) is 21.0. The molecule has 1 aromatic heterocycles. The van der Waals surface area contributed by atoms with E-state index in [1.54, 1.807) is 6.92 Å². The van der Waals surface area contributed by atoms with E-state index in [0.717, 1.165) is 31.5 Å². The lowest BCUT2D eigenvalue weighted by Crippen LogP contribution is -2.53. The number of H-pyrrole nitrogens is 1. The van der Waals surface area contributed by atoms with Crippen molar-refractivity contribution in [2.45, 2.75) is 51.4 Å². The van der Waals surface area contributed by atoms with Gasteiger partial charge in [0.1, 0.15) is 23.3 Å². The highest BCUT2D eigenvalue weighted by atomic mass is 35.5. The third-order valence-electron chi connectivity index (χ3n) is 5.19. The third kappa shape index (κ3) is 3.31. The van der Waals surface area contributed by atoms with Crippen LogP contribution in [0.4, 0.5) is 0 Å². The van der Waals surface area contributed by atoms with Crippen molar-refractivity contribution >= 4 is 35.7 Å². The van der Waals surface area contributed by atoms with Gasteiger partial charge in [-0.15, -0.1) is 24.8 Å². The Morgan fingerprint density at radius 1 is 1.27 bits per heavy atom. The second kappa shape index (κ2) is 7.35. The van der Waals surface area contributed by atoms with Crippen LogP contribution in [0, 0.1) is 6.92 Å². The number of likely N-dealkylation sites (tertiary alicyclic amines) is 1. The molecular weight excluding hydrogens is 377 g/mol. The first-order valence-corrected chi connectivity index (χ1v) is 8.52. The predicted molar refractivity (Wildman–Crippen MR) is 106 cm³/mol. The Labute approximate surface area is 164 Å². The van der Waals surface area contributed by atoms with Gasteiger partial charge in [0.05, 0.1) is 16.9 Å². The summed E-state index contributed by atoms with van der Waals surface area (Å²) in [6.45, 7) is 7.49. The minimum atomic E-state index is -0.690. The van der Waals surface area contributed by atoms with Crippen LogP contribution in [0.25, 0.3) is 10.9 Å². The van der Waals surface area contributed by atoms with Gasteiger partial charge in [0, 0.05) is 11.6 Å². The Bertz CT molecular complexity index is 863. The number of ether oxygens (including phenoxy) is 1. The third-order valence-corrected chi connectivity index (χ3v) is 5.19. The lowest BCUT2D eigenvalue weighted by molar-refractivity contribution is -0.0894. The number of aliphatic hydroxyl groups is 1. The summed E-state index contributed by atoms with van der Waals surface area (Å²) in [5.41, 5.74) is 0.666. The summed E-state index contributed by atoms with van der Waals surface area (Å²) in [4.78, 5) is 21.8. The lowest BCUT2D eigenvalue weighted by Gasteiger charge is -2.45. The quantitative estimate of drug-likeness (QED) is 0.767. The molecule has 2 N–H and O–H groups in total. The van der Waals surface area contributed by atoms with Crippen molar-refractivity contribution < 1.29 is 9.84 Å². The van der Waals surface area contributed by atoms with Crippen molar-refractivity contribution in [3.8, 4) is 5.75 Å². The van der Waals surface area contributed by atoms with E-state index in [9.17, 15) is 9.90 Å². The second-order valence-electron chi connectivity index (χ2n) is 7.40. The average molecular weight is 402 g/mol. The standard InChI is InChI=1S/C18H23N3O3.2ClH/c1-10-19-13-9-14-12(8-11(13)17(23)20-10)15(21-6-4-5-7-21)16(22)18(2,3)24-14;;/h8-9,15-16,22H,4-7H2,1-3H3,(H,19,20,23);2*1H/t15-,16+;;/m0../s1. The van der Waals surface area contributed by atoms with Crippen molar-refractivity contribution in [1.82, 2.24) is 14.9 Å². The summed E-state index contributed by atoms with van der Waals surface area (Å²) in [7, 11) is 0. The number of nitrogens with zero attached hydrogens (tertiary/aromatic N) is 2. The molecule has 1 aromatic carbocycles. The van der Waals surface area contributed by atoms with Crippen molar-refractivity contribution in [3.05, 3.63) is 33.9 Å². The lowest BCUT2D eigenvalue weighted by atomic mass is 9.85. The molecule has 6 nitrogen and oxygen atoms in total. The second-order valence-corrected chi connectivity index (χ2v) is 7.40. The highest BCUT2D eigenvalue weighted by Gasteiger charge is 2.46. The molecular formula is C18H25Cl2N3O3. The molecule has 144 valence electrons. The summed E-state index contributed by atoms with van der Waals surface area (Å²) in [6, 6.07) is 3.53. The molecule has 1 fully saturated rings. The summed E-state index contributed by atoms with van der Waals surface area (Å²) < 4.78 is 6.08. The fourth-order valence-electron chi connectivity index (χ4n) is 3.93. The number of rotatable bonds is 1. The van der Waals surface area contributed by atoms with E-state index in [2.05, 4.69) is 14.9 Å². The number of fused-ring (bicyclic) bond motifs is 2. The van der Waals surface area contributed by atoms with Crippen LogP contribution in [0.5, 0.6) is 5.75 Å². The summed E-state index contributed by atoms with van der Waals surface area (Å²) in [6.07, 6.45) is 1.61. The van der Waals surface area contributed by atoms with E-state index in [1.165, 1.54) is 0 Å². The number of aliphatic hydroxyl groups excluding tert-OH is 1. The number of aryl methyl sites for hydroxylation is 1. The Morgan fingerprint density at radius 3 is 2.58 bits per heavy atom. The molecule has 2 aliphatic rings. The Balaban J connectivity index is 0.00000121. The number of aromatic nitrogens is 2. The molecule has 0 spiro atoms. The Morgan fingerprint density at radius 2 is 1.92 bits per heavy atom. The molecule has 2 atom stereocenters. The zero-order valence-electron chi connectivity index (χ0n) is 15.1. The smallest absolute Gasteiger partial charge is 0.258 e. The van der Waals surface area contributed by atoms with Crippen LogP contribution < -0.4 is 10.3 Å². The topological polar surface area (TPSA) is 78.5 Å². The van der Waals surface area contributed by atoms with Crippen LogP contribution >= 0.6 is 24.8 Å². The maximum atomic E-state index is 12.3. The zero-order valence-corrected chi connectivity index (χ0v) is 16.7. The molecule has 2 aromatic rings. The van der Waals surface area contributed by atoms with Crippen molar-refractivity contribution in [3.63, 3.8) is 0 Å². The Hall–Kier alpha value is -1.34. The highest BCUT2D eigenvalue weighted by molar-refractivity contribution is 5.85. The fraction of sp³-hybridized carbons (Fsp3) is 0.556. The summed E-state index contributed by atoms with van der Waals surface area (Å²) >= 11 is 0. The van der Waals surface area contributed by atoms with Gasteiger partial charge in [0.25, 0.3) is 5.56 Å². The van der Waals surface area contributed by atoms with Gasteiger partial charge >= 0.3 is 0 Å². The van der Waals surface area contributed by atoms with Crippen molar-refractivity contribution in [2.75, 3.05) is 13.1 Å². The zero-order chi connectivity index (χ0) is 17.1. The molecule has 26 heavy (non-hydrogen) atoms. The maximum absolute atomic E-state index is 12.3. The van der Waals surface area contributed by atoms with Crippen LogP contribution in [0.2, 0.25) is 0 Å². The van der Waals surface area contributed by atoms with Gasteiger partial charge in [-0.2, -0.15) is 0 Å². The van der Waals surface area contributed by atoms with Gasteiger partial charge in [0.15, 0.2) is 0 Å².